The number of sulfone groups is 1. The zero-order chi connectivity index (χ0) is 19.4. The summed E-state index contributed by atoms with van der Waals surface area (Å²) < 4.78 is 24.0. The number of carbonyl (C=O) groups excluding carboxylic acids is 2. The lowest BCUT2D eigenvalue weighted by molar-refractivity contribution is -0.121. The Balaban J connectivity index is 1.75. The van der Waals surface area contributed by atoms with Crippen LogP contribution in [-0.2, 0) is 14.6 Å². The first-order valence-corrected chi connectivity index (χ1v) is 10.7. The molecule has 7 heteroatoms. The van der Waals surface area contributed by atoms with Gasteiger partial charge in [-0.05, 0) is 37.1 Å². The van der Waals surface area contributed by atoms with Crippen LogP contribution in [0.1, 0.15) is 23.2 Å². The molecule has 1 fully saturated rings. The molecule has 0 spiro atoms. The average molecular weight is 386 g/mol. The maximum absolute atomic E-state index is 12.9. The molecule has 1 saturated heterocycles. The predicted molar refractivity (Wildman–Crippen MR) is 103 cm³/mol. The molecule has 1 N–H and O–H groups in total. The Kier molecular flexibility index (Phi) is 5.60. The van der Waals surface area contributed by atoms with Gasteiger partial charge in [-0.15, -0.1) is 0 Å². The lowest BCUT2D eigenvalue weighted by Gasteiger charge is -2.32. The van der Waals surface area contributed by atoms with Gasteiger partial charge in [-0.3, -0.25) is 9.59 Å². The number of anilines is 1. The van der Waals surface area contributed by atoms with Gasteiger partial charge in [0.15, 0.2) is 9.84 Å². The Hall–Kier alpha value is -2.67. The number of rotatable bonds is 4. The zero-order valence-corrected chi connectivity index (χ0v) is 15.9. The summed E-state index contributed by atoms with van der Waals surface area (Å²) in [5.41, 5.74) is 0.873. The van der Waals surface area contributed by atoms with Crippen LogP contribution in [-0.4, -0.2) is 44.5 Å². The van der Waals surface area contributed by atoms with Crippen LogP contribution in [0.3, 0.4) is 0 Å². The van der Waals surface area contributed by atoms with Crippen LogP contribution in [0.15, 0.2) is 59.5 Å². The topological polar surface area (TPSA) is 83.6 Å². The molecule has 0 aliphatic carbocycles. The number of piperidine rings is 1. The molecule has 1 aliphatic rings. The second-order valence-electron chi connectivity index (χ2n) is 6.71. The first-order valence-electron chi connectivity index (χ1n) is 8.80. The summed E-state index contributed by atoms with van der Waals surface area (Å²) in [4.78, 5) is 27.1. The van der Waals surface area contributed by atoms with E-state index >= 15 is 0 Å². The number of para-hydroxylation sites is 1. The molecule has 0 bridgehead atoms. The molecule has 1 unspecified atom stereocenters. The highest BCUT2D eigenvalue weighted by Gasteiger charge is 2.30. The zero-order valence-electron chi connectivity index (χ0n) is 15.1. The molecule has 6 nitrogen and oxygen atoms in total. The first kappa shape index (κ1) is 19.1. The molecular formula is C20H22N2O4S. The van der Waals surface area contributed by atoms with E-state index in [1.807, 2.05) is 30.3 Å². The van der Waals surface area contributed by atoms with Crippen molar-refractivity contribution in [3.63, 3.8) is 0 Å². The fourth-order valence-corrected chi connectivity index (χ4v) is 4.16. The number of likely N-dealkylation sites (tertiary alicyclic amines) is 1. The van der Waals surface area contributed by atoms with E-state index in [2.05, 4.69) is 5.32 Å². The minimum Gasteiger partial charge on any atom is -0.338 e. The van der Waals surface area contributed by atoms with E-state index in [0.717, 1.165) is 6.26 Å². The normalized spacial score (nSPS) is 17.4. The molecule has 1 heterocycles. The molecule has 0 saturated carbocycles. The first-order chi connectivity index (χ1) is 12.9. The molecule has 2 aromatic carbocycles. The Labute approximate surface area is 159 Å². The largest absolute Gasteiger partial charge is 0.338 e. The summed E-state index contributed by atoms with van der Waals surface area (Å²) in [6, 6.07) is 15.4. The van der Waals surface area contributed by atoms with Gasteiger partial charge in [-0.25, -0.2) is 8.42 Å². The molecule has 2 amide bonds. The minimum absolute atomic E-state index is 0.0193. The number of hydrogen-bond donors (Lipinski definition) is 1. The molecule has 0 aromatic heterocycles. The number of nitrogens with zero attached hydrogens (tertiary/aromatic N) is 1. The number of amides is 2. The van der Waals surface area contributed by atoms with Gasteiger partial charge in [0, 0.05) is 25.0 Å². The maximum atomic E-state index is 12.9. The fourth-order valence-electron chi connectivity index (χ4n) is 3.28. The van der Waals surface area contributed by atoms with Crippen molar-refractivity contribution in [1.82, 2.24) is 4.90 Å². The van der Waals surface area contributed by atoms with Crippen molar-refractivity contribution in [2.24, 2.45) is 5.92 Å². The van der Waals surface area contributed by atoms with Crippen molar-refractivity contribution in [2.75, 3.05) is 24.7 Å². The molecule has 27 heavy (non-hydrogen) atoms. The summed E-state index contributed by atoms with van der Waals surface area (Å²) >= 11 is 0. The van der Waals surface area contributed by atoms with E-state index < -0.39 is 9.84 Å². The number of nitrogens with one attached hydrogen (secondary N) is 1. The van der Waals surface area contributed by atoms with Gasteiger partial charge < -0.3 is 10.2 Å². The van der Waals surface area contributed by atoms with Crippen LogP contribution in [0.2, 0.25) is 0 Å². The van der Waals surface area contributed by atoms with Gasteiger partial charge in [-0.2, -0.15) is 0 Å². The fraction of sp³-hybridized carbons (Fsp3) is 0.300. The Morgan fingerprint density at radius 3 is 2.41 bits per heavy atom. The Morgan fingerprint density at radius 1 is 1.04 bits per heavy atom. The van der Waals surface area contributed by atoms with E-state index in [4.69, 9.17) is 0 Å². The van der Waals surface area contributed by atoms with Crippen molar-refractivity contribution in [3.8, 4) is 0 Å². The van der Waals surface area contributed by atoms with Crippen molar-refractivity contribution in [1.29, 1.82) is 0 Å². The minimum atomic E-state index is -3.51. The average Bonchev–Trinajstić information content (AvgIpc) is 2.67. The summed E-state index contributed by atoms with van der Waals surface area (Å²) in [5.74, 6) is -0.809. The van der Waals surface area contributed by atoms with Crippen LogP contribution < -0.4 is 5.32 Å². The van der Waals surface area contributed by atoms with E-state index in [-0.39, 0.29) is 34.7 Å². The van der Waals surface area contributed by atoms with E-state index in [0.29, 0.717) is 25.1 Å². The monoisotopic (exact) mass is 386 g/mol. The van der Waals surface area contributed by atoms with E-state index in [9.17, 15) is 18.0 Å². The highest BCUT2D eigenvalue weighted by molar-refractivity contribution is 7.90. The van der Waals surface area contributed by atoms with Crippen molar-refractivity contribution < 1.29 is 18.0 Å². The summed E-state index contributed by atoms with van der Waals surface area (Å²) in [6.45, 7) is 0.779. The van der Waals surface area contributed by atoms with E-state index in [1.54, 1.807) is 17.0 Å². The standard InChI is InChI=1S/C20H22N2O4S/c1-27(25,26)18-12-6-5-11-17(18)20(24)22-13-7-8-15(14-22)19(23)21-16-9-3-2-4-10-16/h2-6,9-12,15H,7-8,13-14H2,1H3,(H,21,23). The Bertz CT molecular complexity index is 941. The van der Waals surface area contributed by atoms with Gasteiger partial charge in [-0.1, -0.05) is 30.3 Å². The number of benzene rings is 2. The molecule has 1 aliphatic heterocycles. The van der Waals surface area contributed by atoms with Crippen molar-refractivity contribution >= 4 is 27.3 Å². The maximum Gasteiger partial charge on any atom is 0.255 e. The second kappa shape index (κ2) is 7.92. The highest BCUT2D eigenvalue weighted by atomic mass is 32.2. The lowest BCUT2D eigenvalue weighted by Crippen LogP contribution is -2.44. The number of hydrogen-bond acceptors (Lipinski definition) is 4. The van der Waals surface area contributed by atoms with Gasteiger partial charge in [0.1, 0.15) is 0 Å². The highest BCUT2D eigenvalue weighted by Crippen LogP contribution is 2.23. The van der Waals surface area contributed by atoms with Crippen LogP contribution in [0.4, 0.5) is 5.69 Å². The molecule has 2 aromatic rings. The van der Waals surface area contributed by atoms with Crippen molar-refractivity contribution in [2.45, 2.75) is 17.7 Å². The smallest absolute Gasteiger partial charge is 0.255 e. The molecular weight excluding hydrogens is 364 g/mol. The van der Waals surface area contributed by atoms with Crippen LogP contribution in [0, 0.1) is 5.92 Å². The quantitative estimate of drug-likeness (QED) is 0.875. The molecule has 142 valence electrons. The summed E-state index contributed by atoms with van der Waals surface area (Å²) in [7, 11) is -3.51. The lowest BCUT2D eigenvalue weighted by atomic mass is 9.96. The van der Waals surface area contributed by atoms with Gasteiger partial charge >= 0.3 is 0 Å². The molecule has 1 atom stereocenters. The van der Waals surface area contributed by atoms with Gasteiger partial charge in [0.2, 0.25) is 5.91 Å². The second-order valence-corrected chi connectivity index (χ2v) is 8.70. The van der Waals surface area contributed by atoms with E-state index in [1.165, 1.54) is 12.1 Å². The third-order valence-electron chi connectivity index (χ3n) is 4.64. The van der Waals surface area contributed by atoms with Gasteiger partial charge in [0.25, 0.3) is 5.91 Å². The molecule has 3 rings (SSSR count). The summed E-state index contributed by atoms with van der Waals surface area (Å²) in [5, 5.41) is 2.87. The van der Waals surface area contributed by atoms with Crippen molar-refractivity contribution in [3.05, 3.63) is 60.2 Å². The third-order valence-corrected chi connectivity index (χ3v) is 5.79. The van der Waals surface area contributed by atoms with Crippen LogP contribution in [0.25, 0.3) is 0 Å². The predicted octanol–water partition coefficient (Wildman–Crippen LogP) is 2.58. The third kappa shape index (κ3) is 4.54. The van der Waals surface area contributed by atoms with Crippen LogP contribution >= 0.6 is 0 Å². The summed E-state index contributed by atoms with van der Waals surface area (Å²) in [6.07, 6.45) is 2.47. The SMILES string of the molecule is CS(=O)(=O)c1ccccc1C(=O)N1CCCC(C(=O)Nc2ccccc2)C1. The molecule has 0 radical (unpaired) electrons. The van der Waals surface area contributed by atoms with Gasteiger partial charge in [0.05, 0.1) is 16.4 Å². The van der Waals surface area contributed by atoms with Crippen LogP contribution in [0.5, 0.6) is 0 Å². The Morgan fingerprint density at radius 2 is 1.70 bits per heavy atom. The number of carbonyl (C=O) groups is 2.